The van der Waals surface area contributed by atoms with Gasteiger partial charge in [0.25, 0.3) is 0 Å². The normalized spacial score (nSPS) is 11.1. The fourth-order valence-electron chi connectivity index (χ4n) is 2.89. The number of fused-ring (bicyclic) bond motifs is 3. The predicted octanol–water partition coefficient (Wildman–Crippen LogP) is 4.63. The molecule has 2 aromatic carbocycles. The van der Waals surface area contributed by atoms with Gasteiger partial charge in [-0.05, 0) is 36.6 Å². The van der Waals surface area contributed by atoms with E-state index >= 15 is 0 Å². The SMILES string of the molecule is Cc1ccc(C(=O)c2ccc3ccc4ccccc4n23)cc1. The van der Waals surface area contributed by atoms with Crippen LogP contribution in [0.4, 0.5) is 0 Å². The number of hydrogen-bond donors (Lipinski definition) is 0. The summed E-state index contributed by atoms with van der Waals surface area (Å²) in [5, 5.41) is 1.13. The second-order valence-corrected chi connectivity index (χ2v) is 5.57. The molecular weight excluding hydrogens is 270 g/mol. The van der Waals surface area contributed by atoms with Crippen LogP contribution in [0.25, 0.3) is 16.4 Å². The molecule has 0 radical (unpaired) electrons. The molecule has 2 heteroatoms. The molecule has 0 spiro atoms. The highest BCUT2D eigenvalue weighted by atomic mass is 16.1. The zero-order valence-corrected chi connectivity index (χ0v) is 12.3. The number of benzene rings is 2. The second kappa shape index (κ2) is 4.85. The minimum Gasteiger partial charge on any atom is -0.306 e. The lowest BCUT2D eigenvalue weighted by Gasteiger charge is -2.07. The number of para-hydroxylation sites is 1. The van der Waals surface area contributed by atoms with Crippen LogP contribution in [0, 0.1) is 6.92 Å². The molecule has 2 nitrogen and oxygen atoms in total. The van der Waals surface area contributed by atoms with Gasteiger partial charge < -0.3 is 4.40 Å². The van der Waals surface area contributed by atoms with E-state index < -0.39 is 0 Å². The maximum Gasteiger partial charge on any atom is 0.209 e. The van der Waals surface area contributed by atoms with Gasteiger partial charge in [0.05, 0.1) is 11.2 Å². The summed E-state index contributed by atoms with van der Waals surface area (Å²) >= 11 is 0. The molecule has 0 bridgehead atoms. The molecule has 0 aliphatic rings. The Hall–Kier alpha value is -2.87. The number of nitrogens with zero attached hydrogens (tertiary/aromatic N) is 1. The molecular formula is C20H15NO. The molecule has 0 amide bonds. The first-order chi connectivity index (χ1) is 10.7. The van der Waals surface area contributed by atoms with Crippen LogP contribution in [0.2, 0.25) is 0 Å². The number of aromatic nitrogens is 1. The molecule has 0 aliphatic carbocycles. The highest BCUT2D eigenvalue weighted by molar-refractivity contribution is 6.09. The first-order valence-electron chi connectivity index (χ1n) is 7.35. The summed E-state index contributed by atoms with van der Waals surface area (Å²) in [5.41, 5.74) is 4.67. The van der Waals surface area contributed by atoms with Crippen molar-refractivity contribution in [2.75, 3.05) is 0 Å². The first-order valence-corrected chi connectivity index (χ1v) is 7.35. The van der Waals surface area contributed by atoms with Crippen LogP contribution in [0.1, 0.15) is 21.6 Å². The summed E-state index contributed by atoms with van der Waals surface area (Å²) in [7, 11) is 0. The minimum absolute atomic E-state index is 0.0522. The van der Waals surface area contributed by atoms with E-state index in [-0.39, 0.29) is 5.78 Å². The van der Waals surface area contributed by atoms with Gasteiger partial charge in [-0.2, -0.15) is 0 Å². The quantitative estimate of drug-likeness (QED) is 0.492. The van der Waals surface area contributed by atoms with E-state index in [0.29, 0.717) is 5.69 Å². The Morgan fingerprint density at radius 2 is 1.55 bits per heavy atom. The molecule has 0 N–H and O–H groups in total. The fourth-order valence-corrected chi connectivity index (χ4v) is 2.89. The van der Waals surface area contributed by atoms with E-state index in [4.69, 9.17) is 0 Å². The van der Waals surface area contributed by atoms with Crippen LogP contribution in [0.15, 0.2) is 72.8 Å². The first kappa shape index (κ1) is 12.8. The van der Waals surface area contributed by atoms with Gasteiger partial charge in [0.15, 0.2) is 0 Å². The van der Waals surface area contributed by atoms with Crippen molar-refractivity contribution in [2.45, 2.75) is 6.92 Å². The number of aryl methyl sites for hydroxylation is 1. The predicted molar refractivity (Wildman–Crippen MR) is 89.5 cm³/mol. The van der Waals surface area contributed by atoms with Gasteiger partial charge in [-0.1, -0.05) is 54.1 Å². The monoisotopic (exact) mass is 285 g/mol. The molecule has 4 rings (SSSR count). The standard InChI is InChI=1S/C20H15NO/c1-14-6-8-16(9-7-14)20(22)19-13-12-17-11-10-15-4-2-3-5-18(15)21(17)19/h2-13H,1H3. The number of pyridine rings is 1. The van der Waals surface area contributed by atoms with Crippen molar-refractivity contribution in [1.29, 1.82) is 0 Å². The van der Waals surface area contributed by atoms with Crippen molar-refractivity contribution in [3.63, 3.8) is 0 Å². The number of carbonyl (C=O) groups is 1. The summed E-state index contributed by atoms with van der Waals surface area (Å²) < 4.78 is 2.04. The zero-order chi connectivity index (χ0) is 15.1. The molecule has 0 saturated heterocycles. The topological polar surface area (TPSA) is 21.5 Å². The van der Waals surface area contributed by atoms with E-state index in [1.54, 1.807) is 0 Å². The molecule has 0 aliphatic heterocycles. The minimum atomic E-state index is 0.0522. The molecule has 0 unspecified atom stereocenters. The van der Waals surface area contributed by atoms with Crippen molar-refractivity contribution in [2.24, 2.45) is 0 Å². The Labute approximate surface area is 128 Å². The number of carbonyl (C=O) groups excluding carboxylic acids is 1. The molecule has 4 aromatic rings. The van der Waals surface area contributed by atoms with Crippen molar-refractivity contribution in [1.82, 2.24) is 4.40 Å². The van der Waals surface area contributed by atoms with Gasteiger partial charge in [-0.25, -0.2) is 0 Å². The second-order valence-electron chi connectivity index (χ2n) is 5.57. The fraction of sp³-hybridized carbons (Fsp3) is 0.0500. The largest absolute Gasteiger partial charge is 0.306 e. The van der Waals surface area contributed by atoms with Crippen molar-refractivity contribution >= 4 is 22.2 Å². The maximum atomic E-state index is 12.9. The van der Waals surface area contributed by atoms with Crippen molar-refractivity contribution in [3.8, 4) is 0 Å². The van der Waals surface area contributed by atoms with Crippen LogP contribution in [0.3, 0.4) is 0 Å². The van der Waals surface area contributed by atoms with Gasteiger partial charge in [0.2, 0.25) is 5.78 Å². The van der Waals surface area contributed by atoms with Crippen LogP contribution in [-0.2, 0) is 0 Å². The molecule has 0 fully saturated rings. The van der Waals surface area contributed by atoms with Gasteiger partial charge in [0, 0.05) is 11.1 Å². The van der Waals surface area contributed by atoms with Crippen LogP contribution < -0.4 is 0 Å². The highest BCUT2D eigenvalue weighted by Crippen LogP contribution is 2.22. The molecule has 106 valence electrons. The zero-order valence-electron chi connectivity index (χ0n) is 12.3. The van der Waals surface area contributed by atoms with E-state index in [0.717, 1.165) is 27.5 Å². The molecule has 2 aromatic heterocycles. The molecule has 0 saturated carbocycles. The van der Waals surface area contributed by atoms with Crippen molar-refractivity contribution < 1.29 is 4.79 Å². The lowest BCUT2D eigenvalue weighted by molar-refractivity contribution is 0.103. The third-order valence-corrected chi connectivity index (χ3v) is 4.07. The average Bonchev–Trinajstić information content (AvgIpc) is 2.99. The average molecular weight is 285 g/mol. The van der Waals surface area contributed by atoms with Crippen LogP contribution in [0.5, 0.6) is 0 Å². The van der Waals surface area contributed by atoms with Crippen LogP contribution >= 0.6 is 0 Å². The lowest BCUT2D eigenvalue weighted by Crippen LogP contribution is -2.05. The lowest BCUT2D eigenvalue weighted by atomic mass is 10.1. The number of rotatable bonds is 2. The van der Waals surface area contributed by atoms with Crippen LogP contribution in [-0.4, -0.2) is 10.2 Å². The van der Waals surface area contributed by atoms with Gasteiger partial charge >= 0.3 is 0 Å². The van der Waals surface area contributed by atoms with Gasteiger partial charge in [-0.3, -0.25) is 4.79 Å². The Bertz CT molecular complexity index is 993. The summed E-state index contributed by atoms with van der Waals surface area (Å²) in [6, 6.07) is 23.9. The Morgan fingerprint density at radius 1 is 0.818 bits per heavy atom. The summed E-state index contributed by atoms with van der Waals surface area (Å²) in [6.07, 6.45) is 0. The summed E-state index contributed by atoms with van der Waals surface area (Å²) in [5.74, 6) is 0.0522. The van der Waals surface area contributed by atoms with Crippen molar-refractivity contribution in [3.05, 3.63) is 89.6 Å². The van der Waals surface area contributed by atoms with E-state index in [9.17, 15) is 4.79 Å². The maximum absolute atomic E-state index is 12.9. The number of hydrogen-bond acceptors (Lipinski definition) is 1. The Balaban J connectivity index is 1.97. The molecule has 0 atom stereocenters. The molecule has 22 heavy (non-hydrogen) atoms. The third-order valence-electron chi connectivity index (χ3n) is 4.07. The van der Waals surface area contributed by atoms with Gasteiger partial charge in [-0.15, -0.1) is 0 Å². The summed E-state index contributed by atoms with van der Waals surface area (Å²) in [4.78, 5) is 12.9. The van der Waals surface area contributed by atoms with E-state index in [1.165, 1.54) is 0 Å². The highest BCUT2D eigenvalue weighted by Gasteiger charge is 2.14. The Kier molecular flexibility index (Phi) is 2.83. The molecule has 2 heterocycles. The smallest absolute Gasteiger partial charge is 0.209 e. The van der Waals surface area contributed by atoms with E-state index in [1.807, 2.05) is 72.0 Å². The van der Waals surface area contributed by atoms with Gasteiger partial charge in [0.1, 0.15) is 0 Å². The summed E-state index contributed by atoms with van der Waals surface area (Å²) in [6.45, 7) is 2.02. The number of ketones is 1. The third kappa shape index (κ3) is 1.92. The Morgan fingerprint density at radius 3 is 2.36 bits per heavy atom. The van der Waals surface area contributed by atoms with E-state index in [2.05, 4.69) is 12.1 Å².